The van der Waals surface area contributed by atoms with E-state index < -0.39 is 23.6 Å². The number of carbonyl (C=O) groups excluding carboxylic acids is 6. The molecule has 9 heteroatoms. The number of nitrogens with zero attached hydrogens (tertiary/aromatic N) is 2. The quantitative estimate of drug-likeness (QED) is 0.0796. The van der Waals surface area contributed by atoms with E-state index in [4.69, 9.17) is 17.6 Å². The van der Waals surface area contributed by atoms with Crippen LogP contribution in [0.1, 0.15) is 84.4 Å². The number of Topliss-reactive ketones (excluding diaryl/α,β-unsaturated/α-hetero) is 2. The molecule has 2 aliphatic heterocycles. The zero-order chi connectivity index (χ0) is 39.8. The summed E-state index contributed by atoms with van der Waals surface area (Å²) < 4.78 is 5.99. The third kappa shape index (κ3) is 6.78. The lowest BCUT2D eigenvalue weighted by molar-refractivity contribution is 0.0910. The number of carbonyl (C=O) groups is 6. The van der Waals surface area contributed by atoms with Crippen LogP contribution < -0.4 is 14.5 Å². The Kier molecular flexibility index (Phi) is 9.18. The van der Waals surface area contributed by atoms with Crippen molar-refractivity contribution >= 4 is 46.6 Å². The van der Waals surface area contributed by atoms with Crippen molar-refractivity contribution < 1.29 is 33.5 Å². The minimum atomic E-state index is -0.521. The number of amides is 4. The van der Waals surface area contributed by atoms with Crippen LogP contribution in [-0.2, 0) is 12.8 Å². The van der Waals surface area contributed by atoms with Crippen LogP contribution in [0.5, 0.6) is 11.5 Å². The minimum absolute atomic E-state index is 0.0607. The second kappa shape index (κ2) is 14.6. The molecule has 0 aromatic heterocycles. The van der Waals surface area contributed by atoms with Crippen LogP contribution in [-0.4, -0.2) is 35.2 Å². The van der Waals surface area contributed by atoms with Gasteiger partial charge in [0.2, 0.25) is 0 Å². The molecule has 6 aromatic rings. The van der Waals surface area contributed by atoms with Crippen molar-refractivity contribution in [2.75, 3.05) is 9.80 Å². The standard InChI is InChI=1S/C48H28N2O7/c1-3-29-7-5-9-35(23-29)49-45(53)39-21-15-33(27-41(39)47(49)55)43(51)25-31-11-17-37(18-12-31)57-38-19-13-32(14-20-38)26-44(52)34-16-22-40-42(28-34)48(56)50(46(40)54)36-10-6-8-30(4-2)24-36/h1-2,5-24,27-28H,25-26H2. The predicted octanol–water partition coefficient (Wildman–Crippen LogP) is 7.89. The molecule has 0 saturated carbocycles. The van der Waals surface area contributed by atoms with Crippen molar-refractivity contribution in [2.24, 2.45) is 0 Å². The monoisotopic (exact) mass is 744 g/mol. The van der Waals surface area contributed by atoms with Crippen LogP contribution >= 0.6 is 0 Å². The van der Waals surface area contributed by atoms with Gasteiger partial charge in [0.15, 0.2) is 11.6 Å². The molecule has 0 unspecified atom stereocenters. The van der Waals surface area contributed by atoms with Gasteiger partial charge in [0.25, 0.3) is 23.6 Å². The van der Waals surface area contributed by atoms with Gasteiger partial charge < -0.3 is 4.74 Å². The summed E-state index contributed by atoms with van der Waals surface area (Å²) in [6.07, 6.45) is 11.1. The van der Waals surface area contributed by atoms with Gasteiger partial charge in [0.05, 0.1) is 33.6 Å². The number of imide groups is 2. The summed E-state index contributed by atoms with van der Waals surface area (Å²) in [4.78, 5) is 81.3. The van der Waals surface area contributed by atoms with Gasteiger partial charge in [-0.2, -0.15) is 0 Å². The van der Waals surface area contributed by atoms with Crippen LogP contribution in [0.15, 0.2) is 133 Å². The first-order valence-electron chi connectivity index (χ1n) is 17.7. The number of anilines is 2. The molecule has 9 nitrogen and oxygen atoms in total. The van der Waals surface area contributed by atoms with Crippen LogP contribution in [0.25, 0.3) is 0 Å². The Morgan fingerprint density at radius 2 is 0.860 bits per heavy atom. The van der Waals surface area contributed by atoms with Crippen molar-refractivity contribution in [3.63, 3.8) is 0 Å². The molecule has 272 valence electrons. The van der Waals surface area contributed by atoms with Crippen LogP contribution in [0.3, 0.4) is 0 Å². The van der Waals surface area contributed by atoms with E-state index in [9.17, 15) is 28.8 Å². The van der Waals surface area contributed by atoms with E-state index in [0.717, 1.165) is 20.9 Å². The van der Waals surface area contributed by atoms with E-state index >= 15 is 0 Å². The predicted molar refractivity (Wildman–Crippen MR) is 213 cm³/mol. The van der Waals surface area contributed by atoms with E-state index in [-0.39, 0.29) is 46.7 Å². The van der Waals surface area contributed by atoms with E-state index in [2.05, 4.69) is 11.8 Å². The maximum atomic E-state index is 13.3. The Hall–Kier alpha value is -8.14. The van der Waals surface area contributed by atoms with Crippen molar-refractivity contribution in [3.05, 3.63) is 189 Å². The number of benzene rings is 6. The maximum Gasteiger partial charge on any atom is 0.266 e. The molecule has 2 aliphatic rings. The maximum absolute atomic E-state index is 13.3. The van der Waals surface area contributed by atoms with E-state index in [1.54, 1.807) is 109 Å². The third-order valence-electron chi connectivity index (χ3n) is 9.77. The first-order valence-corrected chi connectivity index (χ1v) is 17.7. The van der Waals surface area contributed by atoms with Gasteiger partial charge in [-0.25, -0.2) is 9.80 Å². The molecule has 8 rings (SSSR count). The van der Waals surface area contributed by atoms with Crippen LogP contribution in [0.4, 0.5) is 11.4 Å². The topological polar surface area (TPSA) is 118 Å². The Morgan fingerprint density at radius 1 is 0.474 bits per heavy atom. The van der Waals surface area contributed by atoms with E-state index in [0.29, 0.717) is 45.1 Å². The van der Waals surface area contributed by atoms with Gasteiger partial charge in [-0.05, 0) is 96.1 Å². The zero-order valence-electron chi connectivity index (χ0n) is 30.0. The van der Waals surface area contributed by atoms with Crippen LogP contribution in [0, 0.1) is 24.7 Å². The summed E-state index contributed by atoms with van der Waals surface area (Å²) in [5.74, 6) is 3.61. The Morgan fingerprint density at radius 3 is 1.25 bits per heavy atom. The Bertz CT molecular complexity index is 2610. The normalized spacial score (nSPS) is 12.9. The van der Waals surface area contributed by atoms with Gasteiger partial charge in [-0.15, -0.1) is 12.8 Å². The number of hydrogen-bond donors (Lipinski definition) is 0. The lowest BCUT2D eigenvalue weighted by Crippen LogP contribution is -2.29. The smallest absolute Gasteiger partial charge is 0.266 e. The molecule has 57 heavy (non-hydrogen) atoms. The van der Waals surface area contributed by atoms with E-state index in [1.165, 1.54) is 24.3 Å². The second-order valence-corrected chi connectivity index (χ2v) is 13.4. The lowest BCUT2D eigenvalue weighted by Gasteiger charge is -2.13. The lowest BCUT2D eigenvalue weighted by atomic mass is 9.99. The first kappa shape index (κ1) is 35.9. The average Bonchev–Trinajstić information content (AvgIpc) is 3.64. The summed E-state index contributed by atoms with van der Waals surface area (Å²) in [5, 5.41) is 0. The Balaban J connectivity index is 0.875. The largest absolute Gasteiger partial charge is 0.457 e. The van der Waals surface area contributed by atoms with Gasteiger partial charge in [-0.3, -0.25) is 28.8 Å². The molecule has 6 aromatic carbocycles. The number of rotatable bonds is 10. The highest BCUT2D eigenvalue weighted by molar-refractivity contribution is 6.35. The number of fused-ring (bicyclic) bond motifs is 2. The first-order chi connectivity index (χ1) is 27.6. The van der Waals surface area contributed by atoms with Crippen LogP contribution in [0.2, 0.25) is 0 Å². The van der Waals surface area contributed by atoms with Gasteiger partial charge in [0.1, 0.15) is 11.5 Å². The molecular weight excluding hydrogens is 717 g/mol. The summed E-state index contributed by atoms with van der Waals surface area (Å²) in [5.41, 5.74) is 4.60. The summed E-state index contributed by atoms with van der Waals surface area (Å²) >= 11 is 0. The molecular formula is C48H28N2O7. The number of terminal acetylenes is 2. The number of ether oxygens (including phenoxy) is 1. The van der Waals surface area contributed by atoms with Gasteiger partial charge in [0, 0.05) is 35.1 Å². The molecule has 0 atom stereocenters. The molecule has 4 amide bonds. The van der Waals surface area contributed by atoms with Gasteiger partial charge >= 0.3 is 0 Å². The molecule has 0 saturated heterocycles. The fourth-order valence-electron chi connectivity index (χ4n) is 6.83. The van der Waals surface area contributed by atoms with E-state index in [1.807, 2.05) is 0 Å². The Labute approximate surface area is 327 Å². The van der Waals surface area contributed by atoms with Crippen molar-refractivity contribution in [3.8, 4) is 36.2 Å². The second-order valence-electron chi connectivity index (χ2n) is 13.4. The highest BCUT2D eigenvalue weighted by Gasteiger charge is 2.38. The summed E-state index contributed by atoms with van der Waals surface area (Å²) in [6.45, 7) is 0. The summed E-state index contributed by atoms with van der Waals surface area (Å²) in [7, 11) is 0. The number of ketones is 2. The molecule has 0 radical (unpaired) electrons. The highest BCUT2D eigenvalue weighted by atomic mass is 16.5. The fourth-order valence-corrected chi connectivity index (χ4v) is 6.83. The van der Waals surface area contributed by atoms with Crippen molar-refractivity contribution in [1.82, 2.24) is 0 Å². The average molecular weight is 745 g/mol. The summed E-state index contributed by atoms with van der Waals surface area (Å²) in [6, 6.07) is 36.2. The number of hydrogen-bond acceptors (Lipinski definition) is 7. The molecule has 0 bridgehead atoms. The van der Waals surface area contributed by atoms with Crippen molar-refractivity contribution in [2.45, 2.75) is 12.8 Å². The molecule has 0 N–H and O–H groups in total. The fraction of sp³-hybridized carbons (Fsp3) is 0.0417. The SMILES string of the molecule is C#Cc1cccc(N2C(=O)c3ccc(C(=O)Cc4ccc(Oc5ccc(CC(=O)c6ccc7c(c6)C(=O)N(c6cccc(C#C)c6)C7=O)cc5)cc4)cc3C2=O)c1. The van der Waals surface area contributed by atoms with Gasteiger partial charge in [-0.1, -0.05) is 60.4 Å². The third-order valence-corrected chi connectivity index (χ3v) is 9.77. The zero-order valence-corrected chi connectivity index (χ0v) is 30.0. The van der Waals surface area contributed by atoms with Crippen molar-refractivity contribution in [1.29, 1.82) is 0 Å². The molecule has 0 aliphatic carbocycles. The highest BCUT2D eigenvalue weighted by Crippen LogP contribution is 2.32. The molecule has 2 heterocycles. The molecule has 0 fully saturated rings. The molecule has 0 spiro atoms. The minimum Gasteiger partial charge on any atom is -0.457 e.